The third kappa shape index (κ3) is 1.85. The molecule has 0 atom stereocenters. The maximum Gasteiger partial charge on any atom is 0.416 e. The Morgan fingerprint density at radius 2 is 2.06 bits per heavy atom. The van der Waals surface area contributed by atoms with Gasteiger partial charge in [0.2, 0.25) is 0 Å². The van der Waals surface area contributed by atoms with Crippen LogP contribution in [0.4, 0.5) is 13.2 Å². The molecule has 0 amide bonds. The van der Waals surface area contributed by atoms with Gasteiger partial charge in [0.25, 0.3) is 0 Å². The largest absolute Gasteiger partial charge is 0.416 e. The smallest absolute Gasteiger partial charge is 0.396 e. The van der Waals surface area contributed by atoms with Crippen LogP contribution >= 0.6 is 0 Å². The molecule has 0 aliphatic heterocycles. The molecule has 4 nitrogen and oxygen atoms in total. The van der Waals surface area contributed by atoms with Gasteiger partial charge in [0.1, 0.15) is 5.82 Å². The van der Waals surface area contributed by atoms with Gasteiger partial charge < -0.3 is 5.11 Å². The molecule has 1 N–H and O–H groups in total. The Hall–Kier alpha value is -1.63. The second-order valence-corrected chi connectivity index (χ2v) is 3.23. The van der Waals surface area contributed by atoms with Crippen LogP contribution in [0, 0.1) is 0 Å². The van der Waals surface area contributed by atoms with Gasteiger partial charge in [0.05, 0.1) is 12.2 Å². The zero-order valence-corrected chi connectivity index (χ0v) is 8.07. The van der Waals surface area contributed by atoms with E-state index in [0.29, 0.717) is 5.82 Å². The Balaban J connectivity index is 2.49. The van der Waals surface area contributed by atoms with E-state index in [-0.39, 0.29) is 18.7 Å². The highest BCUT2D eigenvalue weighted by Gasteiger charge is 2.30. The van der Waals surface area contributed by atoms with Gasteiger partial charge in [-0.25, -0.2) is 0 Å². The molecule has 16 heavy (non-hydrogen) atoms. The van der Waals surface area contributed by atoms with Gasteiger partial charge in [-0.15, -0.1) is 10.2 Å². The third-order valence-electron chi connectivity index (χ3n) is 2.14. The molecule has 0 spiro atoms. The van der Waals surface area contributed by atoms with Crippen molar-refractivity contribution in [3.63, 3.8) is 0 Å². The van der Waals surface area contributed by atoms with E-state index in [2.05, 4.69) is 10.2 Å². The van der Waals surface area contributed by atoms with Crippen molar-refractivity contribution in [1.29, 1.82) is 0 Å². The fourth-order valence-electron chi connectivity index (χ4n) is 1.39. The first-order valence-corrected chi connectivity index (χ1v) is 4.54. The second kappa shape index (κ2) is 3.75. The summed E-state index contributed by atoms with van der Waals surface area (Å²) in [7, 11) is 0. The molecule has 2 heterocycles. The molecule has 2 aromatic heterocycles. The predicted octanol–water partition coefficient (Wildman–Crippen LogP) is 1.28. The molecule has 2 rings (SSSR count). The Morgan fingerprint density at radius 1 is 1.31 bits per heavy atom. The van der Waals surface area contributed by atoms with Crippen molar-refractivity contribution in [2.75, 3.05) is 6.61 Å². The average molecular weight is 231 g/mol. The number of hydrogen-bond acceptors (Lipinski definition) is 3. The van der Waals surface area contributed by atoms with Crippen LogP contribution in [0.2, 0.25) is 0 Å². The molecule has 0 aliphatic carbocycles. The molecule has 0 saturated carbocycles. The first-order chi connectivity index (χ1) is 7.52. The number of rotatable bonds is 2. The van der Waals surface area contributed by atoms with Gasteiger partial charge in [-0.05, 0) is 12.1 Å². The summed E-state index contributed by atoms with van der Waals surface area (Å²) in [6.45, 7) is -0.123. The van der Waals surface area contributed by atoms with Crippen LogP contribution in [0.15, 0.2) is 18.3 Å². The van der Waals surface area contributed by atoms with Gasteiger partial charge >= 0.3 is 6.18 Å². The van der Waals surface area contributed by atoms with E-state index in [1.54, 1.807) is 0 Å². The Morgan fingerprint density at radius 3 is 2.69 bits per heavy atom. The molecule has 0 fully saturated rings. The van der Waals surface area contributed by atoms with Crippen LogP contribution in [0.1, 0.15) is 11.4 Å². The van der Waals surface area contributed by atoms with Gasteiger partial charge in [-0.1, -0.05) is 0 Å². The lowest BCUT2D eigenvalue weighted by molar-refractivity contribution is -0.137. The molecule has 0 aliphatic rings. The zero-order chi connectivity index (χ0) is 11.8. The molecular weight excluding hydrogens is 223 g/mol. The summed E-state index contributed by atoms with van der Waals surface area (Å²) in [5, 5.41) is 16.0. The number of alkyl halides is 3. The Labute approximate surface area is 88.3 Å². The third-order valence-corrected chi connectivity index (χ3v) is 2.14. The van der Waals surface area contributed by atoms with Crippen molar-refractivity contribution >= 4 is 5.65 Å². The van der Waals surface area contributed by atoms with E-state index in [0.717, 1.165) is 12.1 Å². The number of aliphatic hydroxyl groups excluding tert-OH is 1. The maximum atomic E-state index is 12.4. The van der Waals surface area contributed by atoms with Crippen molar-refractivity contribution in [3.8, 4) is 0 Å². The van der Waals surface area contributed by atoms with Crippen LogP contribution < -0.4 is 0 Å². The lowest BCUT2D eigenvalue weighted by Gasteiger charge is -2.06. The molecule has 0 saturated heterocycles. The summed E-state index contributed by atoms with van der Waals surface area (Å²) in [6.07, 6.45) is -2.87. The topological polar surface area (TPSA) is 50.4 Å². The number of fused-ring (bicyclic) bond motifs is 1. The lowest BCUT2D eigenvalue weighted by atomic mass is 10.2. The number of aromatic nitrogens is 3. The SMILES string of the molecule is OCCc1nnc2cc(C(F)(F)F)ccn12. The van der Waals surface area contributed by atoms with E-state index < -0.39 is 11.7 Å². The second-order valence-electron chi connectivity index (χ2n) is 3.23. The minimum absolute atomic E-state index is 0.123. The molecule has 0 aromatic carbocycles. The van der Waals surface area contributed by atoms with E-state index in [4.69, 9.17) is 5.11 Å². The predicted molar refractivity (Wildman–Crippen MR) is 48.8 cm³/mol. The van der Waals surface area contributed by atoms with Crippen LogP contribution in [0.25, 0.3) is 5.65 Å². The molecule has 86 valence electrons. The maximum absolute atomic E-state index is 12.4. The monoisotopic (exact) mass is 231 g/mol. The van der Waals surface area contributed by atoms with E-state index in [1.165, 1.54) is 10.6 Å². The van der Waals surface area contributed by atoms with Crippen molar-refractivity contribution in [3.05, 3.63) is 29.7 Å². The van der Waals surface area contributed by atoms with Gasteiger partial charge in [-0.3, -0.25) is 4.40 Å². The Bertz CT molecular complexity index is 506. The summed E-state index contributed by atoms with van der Waals surface area (Å²) in [6, 6.07) is 1.88. The van der Waals surface area contributed by atoms with E-state index in [1.807, 2.05) is 0 Å². The standard InChI is InChI=1S/C9H8F3N3O/c10-9(11,12)6-1-3-15-7(2-4-16)13-14-8(15)5-6/h1,3,5,16H,2,4H2. The first-order valence-electron chi connectivity index (χ1n) is 4.54. The molecule has 0 radical (unpaired) electrons. The summed E-state index contributed by atoms with van der Waals surface area (Å²) >= 11 is 0. The summed E-state index contributed by atoms with van der Waals surface area (Å²) in [5.41, 5.74) is -0.638. The van der Waals surface area contributed by atoms with Crippen LogP contribution in [-0.4, -0.2) is 26.3 Å². The average Bonchev–Trinajstić information content (AvgIpc) is 2.60. The number of halogens is 3. The Kier molecular flexibility index (Phi) is 2.55. The van der Waals surface area contributed by atoms with Crippen molar-refractivity contribution < 1.29 is 18.3 Å². The minimum atomic E-state index is -4.38. The van der Waals surface area contributed by atoms with Gasteiger partial charge in [0, 0.05) is 12.6 Å². The number of pyridine rings is 1. The van der Waals surface area contributed by atoms with E-state index in [9.17, 15) is 13.2 Å². The molecule has 7 heteroatoms. The lowest BCUT2D eigenvalue weighted by Crippen LogP contribution is -2.06. The van der Waals surface area contributed by atoms with Gasteiger partial charge in [0.15, 0.2) is 5.65 Å². The fraction of sp³-hybridized carbons (Fsp3) is 0.333. The normalized spacial score (nSPS) is 12.2. The molecular formula is C9H8F3N3O. The number of hydrogen-bond donors (Lipinski definition) is 1. The highest BCUT2D eigenvalue weighted by molar-refractivity contribution is 5.42. The molecule has 0 unspecified atom stereocenters. The zero-order valence-electron chi connectivity index (χ0n) is 8.07. The first kappa shape index (κ1) is 10.9. The van der Waals surface area contributed by atoms with Crippen LogP contribution in [-0.2, 0) is 12.6 Å². The summed E-state index contributed by atoms with van der Waals surface area (Å²) < 4.78 is 38.5. The number of aliphatic hydroxyl groups is 1. The van der Waals surface area contributed by atoms with Crippen molar-refractivity contribution in [1.82, 2.24) is 14.6 Å². The molecule has 2 aromatic rings. The fourth-order valence-corrected chi connectivity index (χ4v) is 1.39. The van der Waals surface area contributed by atoms with Crippen LogP contribution in [0.5, 0.6) is 0 Å². The van der Waals surface area contributed by atoms with Crippen molar-refractivity contribution in [2.24, 2.45) is 0 Å². The van der Waals surface area contributed by atoms with Gasteiger partial charge in [-0.2, -0.15) is 13.2 Å². The highest BCUT2D eigenvalue weighted by atomic mass is 19.4. The van der Waals surface area contributed by atoms with E-state index >= 15 is 0 Å². The van der Waals surface area contributed by atoms with Crippen LogP contribution in [0.3, 0.4) is 0 Å². The number of nitrogens with zero attached hydrogens (tertiary/aromatic N) is 3. The quantitative estimate of drug-likeness (QED) is 0.847. The minimum Gasteiger partial charge on any atom is -0.396 e. The molecule has 0 bridgehead atoms. The highest BCUT2D eigenvalue weighted by Crippen LogP contribution is 2.29. The van der Waals surface area contributed by atoms with Crippen molar-refractivity contribution in [2.45, 2.75) is 12.6 Å². The summed E-state index contributed by atoms with van der Waals surface area (Å²) in [4.78, 5) is 0. The summed E-state index contributed by atoms with van der Waals surface area (Å²) in [5.74, 6) is 0.436.